The van der Waals surface area contributed by atoms with Crippen LogP contribution in [0.25, 0.3) is 11.1 Å². The van der Waals surface area contributed by atoms with Crippen molar-refractivity contribution in [2.24, 2.45) is 5.73 Å². The highest BCUT2D eigenvalue weighted by Gasteiger charge is 2.33. The first-order valence-corrected chi connectivity index (χ1v) is 6.81. The maximum Gasteiger partial charge on any atom is 0.239 e. The fourth-order valence-corrected chi connectivity index (χ4v) is 2.99. The summed E-state index contributed by atoms with van der Waals surface area (Å²) >= 11 is 0. The molecule has 0 saturated carbocycles. The van der Waals surface area contributed by atoms with Gasteiger partial charge in [-0.1, -0.05) is 48.5 Å². The number of halogens is 1. The third kappa shape index (κ3) is 2.43. The Labute approximate surface area is 131 Å². The molecule has 1 aliphatic rings. The van der Waals surface area contributed by atoms with Crippen LogP contribution in [0.15, 0.2) is 48.5 Å². The normalized spacial score (nSPS) is 13.9. The third-order valence-electron chi connectivity index (χ3n) is 3.93. The Morgan fingerprint density at radius 1 is 1.05 bits per heavy atom. The van der Waals surface area contributed by atoms with Crippen LogP contribution >= 0.6 is 12.4 Å². The Hall–Kier alpha value is -1.84. The number of hydrogen-bond acceptors (Lipinski definition) is 2. The second-order valence-corrected chi connectivity index (χ2v) is 5.31. The Balaban J connectivity index is 0.00000161. The van der Waals surface area contributed by atoms with Gasteiger partial charge in [0.05, 0.1) is 12.1 Å². The SMILES string of the molecule is CC(N)C(=O)N(C)C1c2ccccc2-c2ccccc21.Cl. The number of nitrogens with zero attached hydrogens (tertiary/aromatic N) is 1. The number of carbonyl (C=O) groups excluding carboxylic acids is 1. The minimum absolute atomic E-state index is 0. The molecule has 1 aliphatic carbocycles. The smallest absolute Gasteiger partial charge is 0.239 e. The van der Waals surface area contributed by atoms with Crippen molar-refractivity contribution in [1.29, 1.82) is 0 Å². The molecule has 0 aromatic heterocycles. The number of fused-ring (bicyclic) bond motifs is 3. The highest BCUT2D eigenvalue weighted by atomic mass is 35.5. The molecule has 3 nitrogen and oxygen atoms in total. The van der Waals surface area contributed by atoms with Crippen LogP contribution in [-0.4, -0.2) is 23.9 Å². The van der Waals surface area contributed by atoms with Gasteiger partial charge < -0.3 is 10.6 Å². The molecule has 0 saturated heterocycles. The molecule has 2 N–H and O–H groups in total. The van der Waals surface area contributed by atoms with Gasteiger partial charge in [-0.15, -0.1) is 12.4 Å². The standard InChI is InChI=1S/C17H18N2O.ClH/c1-11(18)17(20)19(2)16-14-9-5-3-7-12(14)13-8-4-6-10-15(13)16;/h3-11,16H,18H2,1-2H3;1H. The van der Waals surface area contributed by atoms with E-state index in [9.17, 15) is 4.79 Å². The predicted molar refractivity (Wildman–Crippen MR) is 87.4 cm³/mol. The molecule has 0 heterocycles. The van der Waals surface area contributed by atoms with Crippen LogP contribution in [0.1, 0.15) is 24.1 Å². The number of nitrogens with two attached hydrogens (primary N) is 1. The summed E-state index contributed by atoms with van der Waals surface area (Å²) in [6.45, 7) is 1.73. The van der Waals surface area contributed by atoms with E-state index in [0.29, 0.717) is 0 Å². The molecular weight excluding hydrogens is 284 g/mol. The van der Waals surface area contributed by atoms with E-state index in [4.69, 9.17) is 5.73 Å². The van der Waals surface area contributed by atoms with Gasteiger partial charge in [-0.3, -0.25) is 4.79 Å². The summed E-state index contributed by atoms with van der Waals surface area (Å²) in [7, 11) is 1.83. The number of carbonyl (C=O) groups is 1. The lowest BCUT2D eigenvalue weighted by molar-refractivity contribution is -0.132. The van der Waals surface area contributed by atoms with E-state index in [1.165, 1.54) is 22.3 Å². The van der Waals surface area contributed by atoms with E-state index in [0.717, 1.165) is 0 Å². The molecule has 0 bridgehead atoms. The Bertz CT molecular complexity index is 624. The summed E-state index contributed by atoms with van der Waals surface area (Å²) in [4.78, 5) is 14.0. The zero-order chi connectivity index (χ0) is 14.3. The minimum Gasteiger partial charge on any atom is -0.333 e. The van der Waals surface area contributed by atoms with Crippen molar-refractivity contribution >= 4 is 18.3 Å². The Kier molecular flexibility index (Phi) is 4.35. The molecule has 2 aromatic carbocycles. The van der Waals surface area contributed by atoms with Gasteiger partial charge >= 0.3 is 0 Å². The van der Waals surface area contributed by atoms with Gasteiger partial charge in [-0.2, -0.15) is 0 Å². The molecule has 2 aromatic rings. The zero-order valence-corrected chi connectivity index (χ0v) is 12.9. The molecule has 1 unspecified atom stereocenters. The highest BCUT2D eigenvalue weighted by Crippen LogP contribution is 2.45. The first-order valence-electron chi connectivity index (χ1n) is 6.81. The van der Waals surface area contributed by atoms with Gasteiger partial charge in [0.15, 0.2) is 0 Å². The van der Waals surface area contributed by atoms with Crippen LogP contribution in [0.2, 0.25) is 0 Å². The van der Waals surface area contributed by atoms with Crippen molar-refractivity contribution in [3.8, 4) is 11.1 Å². The highest BCUT2D eigenvalue weighted by molar-refractivity contribution is 5.86. The maximum atomic E-state index is 12.3. The predicted octanol–water partition coefficient (Wildman–Crippen LogP) is 2.98. The first kappa shape index (κ1) is 15.5. The lowest BCUT2D eigenvalue weighted by Gasteiger charge is -2.28. The average molecular weight is 303 g/mol. The molecule has 0 spiro atoms. The Morgan fingerprint density at radius 2 is 1.48 bits per heavy atom. The van der Waals surface area contributed by atoms with E-state index in [1.54, 1.807) is 11.8 Å². The van der Waals surface area contributed by atoms with Crippen LogP contribution in [0, 0.1) is 0 Å². The van der Waals surface area contributed by atoms with E-state index >= 15 is 0 Å². The van der Waals surface area contributed by atoms with E-state index in [1.807, 2.05) is 31.3 Å². The topological polar surface area (TPSA) is 46.3 Å². The van der Waals surface area contributed by atoms with Crippen molar-refractivity contribution in [1.82, 2.24) is 4.90 Å². The summed E-state index contributed by atoms with van der Waals surface area (Å²) < 4.78 is 0. The average Bonchev–Trinajstić information content (AvgIpc) is 2.80. The second kappa shape index (κ2) is 5.88. The second-order valence-electron chi connectivity index (χ2n) is 5.31. The zero-order valence-electron chi connectivity index (χ0n) is 12.1. The van der Waals surface area contributed by atoms with Crippen molar-refractivity contribution in [3.05, 3.63) is 59.7 Å². The monoisotopic (exact) mass is 302 g/mol. The maximum absolute atomic E-state index is 12.3. The lowest BCUT2D eigenvalue weighted by atomic mass is 10.0. The molecule has 4 heteroatoms. The number of amides is 1. The third-order valence-corrected chi connectivity index (χ3v) is 3.93. The molecule has 3 rings (SSSR count). The van der Waals surface area contributed by atoms with Gasteiger partial charge in [0.1, 0.15) is 0 Å². The minimum atomic E-state index is -0.486. The molecule has 110 valence electrons. The van der Waals surface area contributed by atoms with Crippen LogP contribution in [-0.2, 0) is 4.79 Å². The number of hydrogen-bond donors (Lipinski definition) is 1. The number of benzene rings is 2. The first-order chi connectivity index (χ1) is 9.61. The van der Waals surface area contributed by atoms with Crippen molar-refractivity contribution in [2.45, 2.75) is 19.0 Å². The fraction of sp³-hybridized carbons (Fsp3) is 0.235. The van der Waals surface area contributed by atoms with Gasteiger partial charge in [-0.05, 0) is 29.2 Å². The summed E-state index contributed by atoms with van der Waals surface area (Å²) in [6, 6.07) is 16.0. The van der Waals surface area contributed by atoms with Gasteiger partial charge in [0.2, 0.25) is 5.91 Å². The summed E-state index contributed by atoms with van der Waals surface area (Å²) in [5.41, 5.74) is 10.5. The largest absolute Gasteiger partial charge is 0.333 e. The molecule has 0 aliphatic heterocycles. The quantitative estimate of drug-likeness (QED) is 0.927. The van der Waals surface area contributed by atoms with Crippen LogP contribution in [0.3, 0.4) is 0 Å². The summed E-state index contributed by atoms with van der Waals surface area (Å²) in [5.74, 6) is -0.0403. The van der Waals surface area contributed by atoms with Crippen molar-refractivity contribution in [3.63, 3.8) is 0 Å². The summed E-state index contributed by atoms with van der Waals surface area (Å²) in [5, 5.41) is 0. The van der Waals surface area contributed by atoms with Gasteiger partial charge in [0, 0.05) is 7.05 Å². The van der Waals surface area contributed by atoms with Crippen molar-refractivity contribution < 1.29 is 4.79 Å². The Morgan fingerprint density at radius 3 is 1.90 bits per heavy atom. The molecule has 1 atom stereocenters. The number of rotatable bonds is 2. The number of likely N-dealkylation sites (N-methyl/N-ethyl adjacent to an activating group) is 1. The molecule has 1 amide bonds. The fourth-order valence-electron chi connectivity index (χ4n) is 2.99. The summed E-state index contributed by atoms with van der Waals surface area (Å²) in [6.07, 6.45) is 0. The van der Waals surface area contributed by atoms with Crippen LogP contribution < -0.4 is 5.73 Å². The lowest BCUT2D eigenvalue weighted by Crippen LogP contribution is -2.41. The molecule has 0 radical (unpaired) electrons. The van der Waals surface area contributed by atoms with E-state index in [-0.39, 0.29) is 24.4 Å². The van der Waals surface area contributed by atoms with Crippen LogP contribution in [0.5, 0.6) is 0 Å². The van der Waals surface area contributed by atoms with Crippen molar-refractivity contribution in [2.75, 3.05) is 7.05 Å². The molecule has 0 fully saturated rings. The van der Waals surface area contributed by atoms with E-state index < -0.39 is 6.04 Å². The molecule has 21 heavy (non-hydrogen) atoms. The van der Waals surface area contributed by atoms with Gasteiger partial charge in [-0.25, -0.2) is 0 Å². The van der Waals surface area contributed by atoms with E-state index in [2.05, 4.69) is 24.3 Å². The molecular formula is C17H19ClN2O. The van der Waals surface area contributed by atoms with Crippen LogP contribution in [0.4, 0.5) is 0 Å². The van der Waals surface area contributed by atoms with Gasteiger partial charge in [0.25, 0.3) is 0 Å².